The van der Waals surface area contributed by atoms with Crippen molar-refractivity contribution in [2.24, 2.45) is 0 Å². The minimum absolute atomic E-state index is 0.0956. The number of carbonyl (C=O) groups is 1. The highest BCUT2D eigenvalue weighted by Gasteiger charge is 2.22. The summed E-state index contributed by atoms with van der Waals surface area (Å²) in [7, 11) is 0. The molecule has 0 saturated carbocycles. The lowest BCUT2D eigenvalue weighted by Crippen LogP contribution is -2.13. The smallest absolute Gasteiger partial charge is 0.163 e. The Morgan fingerprint density at radius 1 is 1.33 bits per heavy atom. The van der Waals surface area contributed by atoms with E-state index in [2.05, 4.69) is 15.9 Å². The monoisotopic (exact) mass is 270 g/mol. The number of hydrogen-bond donors (Lipinski definition) is 1. The molecule has 0 aromatic heterocycles. The third-order valence-corrected chi connectivity index (χ3v) is 2.72. The van der Waals surface area contributed by atoms with E-state index in [1.54, 1.807) is 6.07 Å². The molecule has 1 aromatic rings. The topological polar surface area (TPSA) is 37.3 Å². The molecule has 0 heterocycles. The normalized spacial score (nSPS) is 11.5. The van der Waals surface area contributed by atoms with Gasteiger partial charge in [-0.15, -0.1) is 0 Å². The number of phenolic OH excluding ortho intramolecular Hbond substituents is 1. The summed E-state index contributed by atoms with van der Waals surface area (Å²) >= 11 is 3.34. The maximum atomic E-state index is 11.3. The van der Waals surface area contributed by atoms with Gasteiger partial charge in [-0.3, -0.25) is 4.79 Å². The lowest BCUT2D eigenvalue weighted by atomic mass is 9.85. The molecule has 2 nitrogen and oxygen atoms in total. The van der Waals surface area contributed by atoms with Crippen molar-refractivity contribution >= 4 is 21.7 Å². The average molecular weight is 271 g/mol. The van der Waals surface area contributed by atoms with Crippen LogP contribution in [0.15, 0.2) is 16.6 Å². The molecule has 0 aliphatic rings. The predicted molar refractivity (Wildman–Crippen MR) is 64.5 cm³/mol. The van der Waals surface area contributed by atoms with Crippen LogP contribution in [0.1, 0.15) is 43.6 Å². The van der Waals surface area contributed by atoms with E-state index in [4.69, 9.17) is 0 Å². The van der Waals surface area contributed by atoms with Crippen LogP contribution in [0.2, 0.25) is 0 Å². The molecule has 0 unspecified atom stereocenters. The van der Waals surface area contributed by atoms with Gasteiger partial charge in [0.15, 0.2) is 5.78 Å². The van der Waals surface area contributed by atoms with Crippen molar-refractivity contribution in [2.75, 3.05) is 0 Å². The van der Waals surface area contributed by atoms with Gasteiger partial charge < -0.3 is 5.11 Å². The molecule has 0 radical (unpaired) electrons. The Labute approximate surface area is 98.4 Å². The van der Waals surface area contributed by atoms with E-state index in [0.717, 1.165) is 10.0 Å². The fourth-order valence-corrected chi connectivity index (χ4v) is 1.90. The van der Waals surface area contributed by atoms with Crippen molar-refractivity contribution in [1.29, 1.82) is 0 Å². The number of carbonyl (C=O) groups excluding carboxylic acids is 1. The molecule has 0 amide bonds. The molecular weight excluding hydrogens is 256 g/mol. The zero-order chi connectivity index (χ0) is 11.8. The Balaban J connectivity index is 3.49. The number of phenols is 1. The fourth-order valence-electron chi connectivity index (χ4n) is 1.44. The van der Waals surface area contributed by atoms with Crippen LogP contribution in [0, 0.1) is 0 Å². The number of hydrogen-bond acceptors (Lipinski definition) is 2. The summed E-state index contributed by atoms with van der Waals surface area (Å²) in [5, 5.41) is 9.98. The quantitative estimate of drug-likeness (QED) is 0.791. The molecule has 1 rings (SSSR count). The van der Waals surface area contributed by atoms with Gasteiger partial charge in [-0.2, -0.15) is 0 Å². The molecule has 0 atom stereocenters. The first-order valence-electron chi connectivity index (χ1n) is 4.77. The third-order valence-electron chi connectivity index (χ3n) is 2.26. The first-order chi connectivity index (χ1) is 6.73. The minimum Gasteiger partial charge on any atom is -0.507 e. The van der Waals surface area contributed by atoms with Gasteiger partial charge >= 0.3 is 0 Å². The van der Waals surface area contributed by atoms with Gasteiger partial charge in [0.25, 0.3) is 0 Å². The Morgan fingerprint density at radius 3 is 2.27 bits per heavy atom. The third kappa shape index (κ3) is 2.59. The van der Waals surface area contributed by atoms with Crippen molar-refractivity contribution in [3.63, 3.8) is 0 Å². The summed E-state index contributed by atoms with van der Waals surface area (Å²) in [4.78, 5) is 11.3. The van der Waals surface area contributed by atoms with Gasteiger partial charge in [0.1, 0.15) is 5.75 Å². The molecule has 0 fully saturated rings. The summed E-state index contributed by atoms with van der Waals surface area (Å²) < 4.78 is 0.815. The van der Waals surface area contributed by atoms with Gasteiger partial charge in [-0.1, -0.05) is 36.7 Å². The van der Waals surface area contributed by atoms with Crippen molar-refractivity contribution in [3.8, 4) is 5.75 Å². The van der Waals surface area contributed by atoms with E-state index in [1.807, 2.05) is 26.8 Å². The number of ketones is 1. The highest BCUT2D eigenvalue weighted by Crippen LogP contribution is 2.35. The molecule has 0 aliphatic carbocycles. The summed E-state index contributed by atoms with van der Waals surface area (Å²) in [5.41, 5.74) is 0.967. The standard InChI is InChI=1S/C12H15BrO2/c1-7(14)9-5-8(13)6-10(11(9)15)12(2,3)4/h5-6,15H,1-4H3. The highest BCUT2D eigenvalue weighted by atomic mass is 79.9. The second-order valence-electron chi connectivity index (χ2n) is 4.66. The molecule has 3 heteroatoms. The van der Waals surface area contributed by atoms with Crippen LogP contribution < -0.4 is 0 Å². The molecule has 0 aliphatic heterocycles. The van der Waals surface area contributed by atoms with Gasteiger partial charge in [0.05, 0.1) is 5.56 Å². The SMILES string of the molecule is CC(=O)c1cc(Br)cc(C(C)(C)C)c1O. The van der Waals surface area contributed by atoms with E-state index >= 15 is 0 Å². The molecule has 0 saturated heterocycles. The summed E-state index contributed by atoms with van der Waals surface area (Å²) in [6.07, 6.45) is 0. The van der Waals surface area contributed by atoms with Crippen LogP contribution in [0.4, 0.5) is 0 Å². The van der Waals surface area contributed by atoms with Crippen LogP contribution >= 0.6 is 15.9 Å². The first kappa shape index (κ1) is 12.2. The molecule has 15 heavy (non-hydrogen) atoms. The predicted octanol–water partition coefficient (Wildman–Crippen LogP) is 3.65. The van der Waals surface area contributed by atoms with Crippen molar-refractivity contribution in [3.05, 3.63) is 27.7 Å². The van der Waals surface area contributed by atoms with Gasteiger partial charge in [-0.05, 0) is 24.5 Å². The lowest BCUT2D eigenvalue weighted by Gasteiger charge is -2.22. The average Bonchev–Trinajstić information content (AvgIpc) is 2.06. The second-order valence-corrected chi connectivity index (χ2v) is 5.57. The maximum absolute atomic E-state index is 11.3. The minimum atomic E-state index is -0.182. The highest BCUT2D eigenvalue weighted by molar-refractivity contribution is 9.10. The maximum Gasteiger partial charge on any atom is 0.163 e. The number of Topliss-reactive ketones (excluding diaryl/α,β-unsaturated/α-hetero) is 1. The molecular formula is C12H15BrO2. The van der Waals surface area contributed by atoms with Crippen LogP contribution in [0.25, 0.3) is 0 Å². The zero-order valence-corrected chi connectivity index (χ0v) is 11.0. The van der Waals surface area contributed by atoms with Crippen LogP contribution in [-0.2, 0) is 5.41 Å². The van der Waals surface area contributed by atoms with E-state index in [0.29, 0.717) is 5.56 Å². The van der Waals surface area contributed by atoms with E-state index in [1.165, 1.54) is 6.92 Å². The molecule has 0 bridgehead atoms. The number of rotatable bonds is 1. The Kier molecular flexibility index (Phi) is 3.24. The Morgan fingerprint density at radius 2 is 1.87 bits per heavy atom. The Bertz CT molecular complexity index is 403. The van der Waals surface area contributed by atoms with Crippen molar-refractivity contribution in [2.45, 2.75) is 33.1 Å². The zero-order valence-electron chi connectivity index (χ0n) is 9.39. The second kappa shape index (κ2) is 3.97. The lowest BCUT2D eigenvalue weighted by molar-refractivity contribution is 0.101. The Hall–Kier alpha value is -0.830. The van der Waals surface area contributed by atoms with Crippen LogP contribution in [-0.4, -0.2) is 10.9 Å². The summed E-state index contributed by atoms with van der Waals surface area (Å²) in [6, 6.07) is 3.49. The van der Waals surface area contributed by atoms with E-state index < -0.39 is 0 Å². The van der Waals surface area contributed by atoms with E-state index in [-0.39, 0.29) is 16.9 Å². The molecule has 1 N–H and O–H groups in total. The van der Waals surface area contributed by atoms with Crippen LogP contribution in [0.3, 0.4) is 0 Å². The van der Waals surface area contributed by atoms with Crippen molar-refractivity contribution in [1.82, 2.24) is 0 Å². The summed E-state index contributed by atoms with van der Waals surface area (Å²) in [6.45, 7) is 7.45. The molecule has 1 aromatic carbocycles. The number of benzene rings is 1. The number of aromatic hydroxyl groups is 1. The van der Waals surface area contributed by atoms with Gasteiger partial charge in [0, 0.05) is 10.0 Å². The molecule has 0 spiro atoms. The van der Waals surface area contributed by atoms with Gasteiger partial charge in [-0.25, -0.2) is 0 Å². The van der Waals surface area contributed by atoms with Gasteiger partial charge in [0.2, 0.25) is 0 Å². The summed E-state index contributed by atoms with van der Waals surface area (Å²) in [5.74, 6) is -0.0301. The van der Waals surface area contributed by atoms with Crippen molar-refractivity contribution < 1.29 is 9.90 Å². The largest absolute Gasteiger partial charge is 0.507 e. The molecule has 82 valence electrons. The number of halogens is 1. The van der Waals surface area contributed by atoms with Crippen LogP contribution in [0.5, 0.6) is 5.75 Å². The fraction of sp³-hybridized carbons (Fsp3) is 0.417. The van der Waals surface area contributed by atoms with E-state index in [9.17, 15) is 9.90 Å². The first-order valence-corrected chi connectivity index (χ1v) is 5.56.